The molecule has 2 rings (SSSR count). The molecule has 142 valence electrons. The number of rotatable bonds is 10. The molecule has 0 unspecified atom stereocenters. The van der Waals surface area contributed by atoms with E-state index in [1.165, 1.54) is 11.3 Å². The number of benzene rings is 1. The molecule has 6 heteroatoms. The van der Waals surface area contributed by atoms with E-state index in [9.17, 15) is 0 Å². The minimum Gasteiger partial charge on any atom is -0.372 e. The smallest absolute Gasteiger partial charge is 0.249 e. The molecule has 0 atom stereocenters. The average Bonchev–Trinajstić information content (AvgIpc) is 2.65. The maximum atomic E-state index is 4.67. The van der Waals surface area contributed by atoms with Crippen LogP contribution >= 0.6 is 0 Å². The van der Waals surface area contributed by atoms with Crippen LogP contribution in [0.2, 0.25) is 0 Å². The van der Waals surface area contributed by atoms with Gasteiger partial charge in [-0.2, -0.15) is 10.1 Å². The molecule has 0 spiro atoms. The first kappa shape index (κ1) is 19.9. The summed E-state index contributed by atoms with van der Waals surface area (Å²) in [5.74, 6) is 1.42. The highest BCUT2D eigenvalue weighted by atomic mass is 15.3. The van der Waals surface area contributed by atoms with E-state index in [1.54, 1.807) is 6.20 Å². The van der Waals surface area contributed by atoms with Gasteiger partial charge in [0.1, 0.15) is 0 Å². The van der Waals surface area contributed by atoms with E-state index in [0.29, 0.717) is 5.95 Å². The third-order valence-corrected chi connectivity index (χ3v) is 4.44. The number of nitrogens with one attached hydrogen (secondary N) is 1. The van der Waals surface area contributed by atoms with Gasteiger partial charge in [-0.1, -0.05) is 13.8 Å². The Bertz CT molecular complexity index is 678. The van der Waals surface area contributed by atoms with Crippen LogP contribution in [0.1, 0.15) is 46.1 Å². The van der Waals surface area contributed by atoms with Crippen LogP contribution in [-0.4, -0.2) is 41.4 Å². The number of aromatic nitrogens is 3. The zero-order chi connectivity index (χ0) is 18.9. The van der Waals surface area contributed by atoms with Crippen LogP contribution in [0.25, 0.3) is 0 Å². The Balaban J connectivity index is 2.19. The lowest BCUT2D eigenvalue weighted by molar-refractivity contribution is 0.728. The van der Waals surface area contributed by atoms with Crippen molar-refractivity contribution in [1.82, 2.24) is 15.2 Å². The number of hydrogen-bond donors (Lipinski definition) is 1. The minimum atomic E-state index is 0.540. The first-order chi connectivity index (χ1) is 12.6. The van der Waals surface area contributed by atoms with Crippen molar-refractivity contribution >= 4 is 23.1 Å². The van der Waals surface area contributed by atoms with Gasteiger partial charge in [-0.25, -0.2) is 0 Å². The highest BCUT2D eigenvalue weighted by molar-refractivity contribution is 5.64. The average molecular weight is 357 g/mol. The predicted molar refractivity (Wildman–Crippen MR) is 111 cm³/mol. The maximum Gasteiger partial charge on any atom is 0.249 e. The van der Waals surface area contributed by atoms with Crippen LogP contribution in [0, 0.1) is 6.92 Å². The van der Waals surface area contributed by atoms with Gasteiger partial charge in [0, 0.05) is 37.6 Å². The second kappa shape index (κ2) is 9.94. The molecular formula is C20H32N6. The summed E-state index contributed by atoms with van der Waals surface area (Å²) in [6, 6.07) is 6.43. The Labute approximate surface area is 157 Å². The second-order valence-electron chi connectivity index (χ2n) is 6.42. The van der Waals surface area contributed by atoms with Crippen LogP contribution in [0.15, 0.2) is 24.4 Å². The van der Waals surface area contributed by atoms with Gasteiger partial charge in [-0.15, -0.1) is 5.10 Å². The fourth-order valence-electron chi connectivity index (χ4n) is 3.07. The molecule has 1 heterocycles. The van der Waals surface area contributed by atoms with E-state index in [-0.39, 0.29) is 0 Å². The first-order valence-corrected chi connectivity index (χ1v) is 9.70. The van der Waals surface area contributed by atoms with Crippen LogP contribution in [0.5, 0.6) is 0 Å². The minimum absolute atomic E-state index is 0.540. The molecule has 0 aliphatic heterocycles. The van der Waals surface area contributed by atoms with Crippen LogP contribution in [-0.2, 0) is 0 Å². The van der Waals surface area contributed by atoms with Gasteiger partial charge in [0.15, 0.2) is 5.82 Å². The molecule has 1 aromatic carbocycles. The van der Waals surface area contributed by atoms with Crippen molar-refractivity contribution in [3.05, 3.63) is 30.0 Å². The maximum absolute atomic E-state index is 4.67. The summed E-state index contributed by atoms with van der Waals surface area (Å²) in [7, 11) is 0. The zero-order valence-corrected chi connectivity index (χ0v) is 16.8. The van der Waals surface area contributed by atoms with E-state index in [1.807, 2.05) is 0 Å². The largest absolute Gasteiger partial charge is 0.372 e. The molecule has 0 bridgehead atoms. The van der Waals surface area contributed by atoms with Gasteiger partial charge in [0.2, 0.25) is 5.95 Å². The van der Waals surface area contributed by atoms with E-state index in [2.05, 4.69) is 83.1 Å². The van der Waals surface area contributed by atoms with Crippen LogP contribution in [0.3, 0.4) is 0 Å². The molecule has 6 nitrogen and oxygen atoms in total. The molecule has 0 saturated heterocycles. The second-order valence-corrected chi connectivity index (χ2v) is 6.42. The standard InChI is InChI=1S/C20H32N6/c1-6-12-26(13-7-2)19-15-21-24-20(23-19)22-18-11-10-17(14-16(18)5)25(8-3)9-4/h10-11,14-15H,6-9,12-13H2,1-5H3,(H,22,23,24). The molecule has 1 aromatic heterocycles. The van der Waals surface area contributed by atoms with Crippen molar-refractivity contribution < 1.29 is 0 Å². The lowest BCUT2D eigenvalue weighted by Gasteiger charge is -2.23. The summed E-state index contributed by atoms with van der Waals surface area (Å²) in [6.45, 7) is 14.8. The fourth-order valence-corrected chi connectivity index (χ4v) is 3.07. The van der Waals surface area contributed by atoms with E-state index < -0.39 is 0 Å². The highest BCUT2D eigenvalue weighted by Crippen LogP contribution is 2.25. The number of hydrogen-bond acceptors (Lipinski definition) is 6. The summed E-state index contributed by atoms with van der Waals surface area (Å²) in [5.41, 5.74) is 3.42. The highest BCUT2D eigenvalue weighted by Gasteiger charge is 2.10. The van der Waals surface area contributed by atoms with Gasteiger partial charge < -0.3 is 15.1 Å². The molecule has 26 heavy (non-hydrogen) atoms. The van der Waals surface area contributed by atoms with Gasteiger partial charge in [0.05, 0.1) is 6.20 Å². The Morgan fingerprint density at radius 3 is 2.23 bits per heavy atom. The fraction of sp³-hybridized carbons (Fsp3) is 0.550. The van der Waals surface area contributed by atoms with Crippen molar-refractivity contribution in [1.29, 1.82) is 0 Å². The molecule has 0 saturated carbocycles. The zero-order valence-electron chi connectivity index (χ0n) is 16.8. The Morgan fingerprint density at radius 2 is 1.65 bits per heavy atom. The lowest BCUT2D eigenvalue weighted by Crippen LogP contribution is -2.26. The predicted octanol–water partition coefficient (Wildman–Crippen LogP) is 4.40. The molecule has 0 amide bonds. The molecule has 0 aliphatic rings. The van der Waals surface area contributed by atoms with Crippen molar-refractivity contribution in [3.63, 3.8) is 0 Å². The van der Waals surface area contributed by atoms with Crippen molar-refractivity contribution in [3.8, 4) is 0 Å². The number of aryl methyl sites for hydroxylation is 1. The van der Waals surface area contributed by atoms with E-state index in [4.69, 9.17) is 0 Å². The van der Waals surface area contributed by atoms with Gasteiger partial charge >= 0.3 is 0 Å². The molecule has 1 N–H and O–H groups in total. The van der Waals surface area contributed by atoms with E-state index >= 15 is 0 Å². The summed E-state index contributed by atoms with van der Waals surface area (Å²) < 4.78 is 0. The van der Waals surface area contributed by atoms with Crippen LogP contribution in [0.4, 0.5) is 23.1 Å². The monoisotopic (exact) mass is 356 g/mol. The first-order valence-electron chi connectivity index (χ1n) is 9.70. The van der Waals surface area contributed by atoms with Crippen molar-refractivity contribution in [2.45, 2.75) is 47.5 Å². The van der Waals surface area contributed by atoms with Crippen LogP contribution < -0.4 is 15.1 Å². The normalized spacial score (nSPS) is 10.7. The molecule has 0 aliphatic carbocycles. The molecular weight excluding hydrogens is 324 g/mol. The lowest BCUT2D eigenvalue weighted by atomic mass is 10.1. The van der Waals surface area contributed by atoms with E-state index in [0.717, 1.165) is 50.5 Å². The quantitative estimate of drug-likeness (QED) is 0.681. The summed E-state index contributed by atoms with van der Waals surface area (Å²) >= 11 is 0. The van der Waals surface area contributed by atoms with Gasteiger partial charge in [0.25, 0.3) is 0 Å². The third kappa shape index (κ3) is 5.07. The summed E-state index contributed by atoms with van der Waals surface area (Å²) in [5, 5.41) is 11.6. The molecule has 0 radical (unpaired) electrons. The third-order valence-electron chi connectivity index (χ3n) is 4.44. The molecule has 0 fully saturated rings. The Morgan fingerprint density at radius 1 is 0.962 bits per heavy atom. The molecule has 2 aromatic rings. The Hall–Kier alpha value is -2.37. The number of nitrogens with zero attached hydrogens (tertiary/aromatic N) is 5. The van der Waals surface area contributed by atoms with Crippen molar-refractivity contribution in [2.24, 2.45) is 0 Å². The topological polar surface area (TPSA) is 57.2 Å². The summed E-state index contributed by atoms with van der Waals surface area (Å²) in [6.07, 6.45) is 3.91. The summed E-state index contributed by atoms with van der Waals surface area (Å²) in [4.78, 5) is 9.26. The Kier molecular flexibility index (Phi) is 7.63. The van der Waals surface area contributed by atoms with Gasteiger partial charge in [-0.05, 0) is 57.4 Å². The SMILES string of the molecule is CCCN(CCC)c1cnnc(Nc2ccc(N(CC)CC)cc2C)n1. The van der Waals surface area contributed by atoms with Crippen molar-refractivity contribution in [2.75, 3.05) is 41.3 Å². The van der Waals surface area contributed by atoms with Gasteiger partial charge in [-0.3, -0.25) is 0 Å². The number of anilines is 4.